The third-order valence-corrected chi connectivity index (χ3v) is 3.97. The van der Waals surface area contributed by atoms with Crippen LogP contribution in [0.5, 0.6) is 0 Å². The summed E-state index contributed by atoms with van der Waals surface area (Å²) < 4.78 is 12.8. The van der Waals surface area contributed by atoms with Crippen molar-refractivity contribution in [1.82, 2.24) is 10.3 Å². The first-order chi connectivity index (χ1) is 8.70. The highest BCUT2D eigenvalue weighted by molar-refractivity contribution is 7.15. The first kappa shape index (κ1) is 13.2. The summed E-state index contributed by atoms with van der Waals surface area (Å²) in [4.78, 5) is 5.61. The van der Waals surface area contributed by atoms with Gasteiger partial charge in [-0.15, -0.1) is 11.3 Å². The third kappa shape index (κ3) is 3.15. The molecule has 0 aliphatic carbocycles. The average Bonchev–Trinajstić information content (AvgIpc) is 2.86. The van der Waals surface area contributed by atoms with Crippen molar-refractivity contribution >= 4 is 11.3 Å². The zero-order valence-corrected chi connectivity index (χ0v) is 11.4. The van der Waals surface area contributed by atoms with Crippen LogP contribution in [0, 0.1) is 5.82 Å². The van der Waals surface area contributed by atoms with Crippen molar-refractivity contribution in [1.29, 1.82) is 0 Å². The average molecular weight is 264 g/mol. The second-order valence-electron chi connectivity index (χ2n) is 4.25. The Balaban J connectivity index is 2.12. The molecule has 1 atom stereocenters. The van der Waals surface area contributed by atoms with Crippen LogP contribution in [0.1, 0.15) is 31.2 Å². The molecule has 1 unspecified atom stereocenters. The molecule has 2 nitrogen and oxygen atoms in total. The lowest BCUT2D eigenvalue weighted by atomic mass is 10.2. The molecule has 1 aromatic heterocycles. The van der Waals surface area contributed by atoms with E-state index in [4.69, 9.17) is 0 Å². The second kappa shape index (κ2) is 6.07. The Morgan fingerprint density at radius 1 is 1.33 bits per heavy atom. The Morgan fingerprint density at radius 3 is 2.72 bits per heavy atom. The Morgan fingerprint density at radius 2 is 2.06 bits per heavy atom. The number of rotatable bonds is 5. The normalized spacial score (nSPS) is 12.6. The van der Waals surface area contributed by atoms with Crippen molar-refractivity contribution in [2.75, 3.05) is 6.54 Å². The highest BCUT2D eigenvalue weighted by Gasteiger charge is 2.10. The summed E-state index contributed by atoms with van der Waals surface area (Å²) >= 11 is 1.65. The maximum absolute atomic E-state index is 12.8. The van der Waals surface area contributed by atoms with Gasteiger partial charge in [-0.3, -0.25) is 0 Å². The summed E-state index contributed by atoms with van der Waals surface area (Å²) in [5, 5.41) is 4.37. The molecular formula is C14H17FN2S. The molecule has 1 N–H and O–H groups in total. The Bertz CT molecular complexity index is 493. The van der Waals surface area contributed by atoms with E-state index >= 15 is 0 Å². The van der Waals surface area contributed by atoms with Gasteiger partial charge in [0.2, 0.25) is 0 Å². The first-order valence-electron chi connectivity index (χ1n) is 6.15. The Labute approximate surface area is 111 Å². The zero-order chi connectivity index (χ0) is 13.0. The van der Waals surface area contributed by atoms with Crippen molar-refractivity contribution in [2.24, 2.45) is 0 Å². The number of nitrogens with one attached hydrogen (secondary N) is 1. The largest absolute Gasteiger partial charge is 0.309 e. The molecule has 2 rings (SSSR count). The summed E-state index contributed by atoms with van der Waals surface area (Å²) in [7, 11) is 0. The van der Waals surface area contributed by atoms with Crippen molar-refractivity contribution < 1.29 is 4.39 Å². The number of hydrogen-bond donors (Lipinski definition) is 1. The summed E-state index contributed by atoms with van der Waals surface area (Å²) in [6.45, 7) is 5.29. The molecule has 1 heterocycles. The minimum atomic E-state index is -0.214. The van der Waals surface area contributed by atoms with Gasteiger partial charge in [0.1, 0.15) is 10.8 Å². The number of aromatic nitrogens is 1. The van der Waals surface area contributed by atoms with Gasteiger partial charge in [0.05, 0.1) is 0 Å². The van der Waals surface area contributed by atoms with E-state index in [0.29, 0.717) is 6.04 Å². The van der Waals surface area contributed by atoms with Crippen LogP contribution < -0.4 is 5.32 Å². The van der Waals surface area contributed by atoms with E-state index in [9.17, 15) is 4.39 Å². The highest BCUT2D eigenvalue weighted by Crippen LogP contribution is 2.28. The fourth-order valence-electron chi connectivity index (χ4n) is 1.67. The molecule has 96 valence electrons. The van der Waals surface area contributed by atoms with E-state index in [2.05, 4.69) is 24.1 Å². The monoisotopic (exact) mass is 264 g/mol. The van der Waals surface area contributed by atoms with Gasteiger partial charge in [-0.1, -0.05) is 6.92 Å². The first-order valence-corrected chi connectivity index (χ1v) is 6.97. The predicted molar refractivity (Wildman–Crippen MR) is 74.2 cm³/mol. The van der Waals surface area contributed by atoms with Crippen LogP contribution in [0.15, 0.2) is 30.5 Å². The molecule has 0 fully saturated rings. The van der Waals surface area contributed by atoms with Gasteiger partial charge in [0.25, 0.3) is 0 Å². The number of benzene rings is 1. The topological polar surface area (TPSA) is 24.9 Å². The standard InChI is InChI=1S/C14H17FN2S/c1-3-8-16-10(2)13-9-17-14(18-13)11-4-6-12(15)7-5-11/h4-7,9-10,16H,3,8H2,1-2H3. The van der Waals surface area contributed by atoms with E-state index in [1.807, 2.05) is 6.20 Å². The number of halogens is 1. The van der Waals surface area contributed by atoms with Gasteiger partial charge in [-0.2, -0.15) is 0 Å². The fourth-order valence-corrected chi connectivity index (χ4v) is 2.62. The molecule has 0 amide bonds. The van der Waals surface area contributed by atoms with Gasteiger partial charge in [0, 0.05) is 22.7 Å². The molecule has 18 heavy (non-hydrogen) atoms. The molecule has 0 radical (unpaired) electrons. The SMILES string of the molecule is CCCNC(C)c1cnc(-c2ccc(F)cc2)s1. The Kier molecular flexibility index (Phi) is 4.44. The van der Waals surface area contributed by atoms with Gasteiger partial charge in [-0.25, -0.2) is 9.37 Å². The summed E-state index contributed by atoms with van der Waals surface area (Å²) in [5.74, 6) is -0.214. The summed E-state index contributed by atoms with van der Waals surface area (Å²) in [5.41, 5.74) is 0.968. The molecule has 0 spiro atoms. The number of hydrogen-bond acceptors (Lipinski definition) is 3. The maximum atomic E-state index is 12.8. The molecule has 0 saturated heterocycles. The van der Waals surface area contributed by atoms with Crippen molar-refractivity contribution in [2.45, 2.75) is 26.3 Å². The molecule has 0 bridgehead atoms. The molecule has 0 saturated carbocycles. The van der Waals surface area contributed by atoms with Crippen molar-refractivity contribution in [3.05, 3.63) is 41.2 Å². The Hall–Kier alpha value is -1.26. The van der Waals surface area contributed by atoms with Gasteiger partial charge in [-0.05, 0) is 44.2 Å². The highest BCUT2D eigenvalue weighted by atomic mass is 32.1. The van der Waals surface area contributed by atoms with Gasteiger partial charge in [0.15, 0.2) is 0 Å². The van der Waals surface area contributed by atoms with E-state index in [-0.39, 0.29) is 5.82 Å². The van der Waals surface area contributed by atoms with Crippen LogP contribution in [0.3, 0.4) is 0 Å². The van der Waals surface area contributed by atoms with E-state index in [1.54, 1.807) is 23.5 Å². The minimum absolute atomic E-state index is 0.214. The number of thiazole rings is 1. The second-order valence-corrected chi connectivity index (χ2v) is 5.31. The van der Waals surface area contributed by atoms with Gasteiger partial charge >= 0.3 is 0 Å². The summed E-state index contributed by atoms with van der Waals surface area (Å²) in [6.07, 6.45) is 3.02. The van der Waals surface area contributed by atoms with E-state index in [0.717, 1.165) is 23.5 Å². The van der Waals surface area contributed by atoms with Crippen LogP contribution in [0.2, 0.25) is 0 Å². The maximum Gasteiger partial charge on any atom is 0.123 e. The third-order valence-electron chi connectivity index (χ3n) is 2.74. The van der Waals surface area contributed by atoms with Crippen LogP contribution in [-0.2, 0) is 0 Å². The predicted octanol–water partition coefficient (Wildman–Crippen LogP) is 4.01. The lowest BCUT2D eigenvalue weighted by Crippen LogP contribution is -2.18. The van der Waals surface area contributed by atoms with Crippen LogP contribution >= 0.6 is 11.3 Å². The van der Waals surface area contributed by atoms with Crippen LogP contribution in [0.25, 0.3) is 10.6 Å². The fraction of sp³-hybridized carbons (Fsp3) is 0.357. The molecule has 0 aliphatic heterocycles. The van der Waals surface area contributed by atoms with E-state index in [1.165, 1.54) is 17.0 Å². The van der Waals surface area contributed by atoms with Crippen LogP contribution in [-0.4, -0.2) is 11.5 Å². The summed E-state index contributed by atoms with van der Waals surface area (Å²) in [6, 6.07) is 6.78. The molecule has 0 aliphatic rings. The molecule has 2 aromatic rings. The lowest BCUT2D eigenvalue weighted by molar-refractivity contribution is 0.577. The molecule has 1 aromatic carbocycles. The molecule has 4 heteroatoms. The van der Waals surface area contributed by atoms with Crippen molar-refractivity contribution in [3.63, 3.8) is 0 Å². The smallest absolute Gasteiger partial charge is 0.123 e. The van der Waals surface area contributed by atoms with Crippen LogP contribution in [0.4, 0.5) is 4.39 Å². The van der Waals surface area contributed by atoms with Crippen molar-refractivity contribution in [3.8, 4) is 10.6 Å². The zero-order valence-electron chi connectivity index (χ0n) is 10.6. The van der Waals surface area contributed by atoms with E-state index < -0.39 is 0 Å². The number of nitrogens with zero attached hydrogens (tertiary/aromatic N) is 1. The lowest BCUT2D eigenvalue weighted by Gasteiger charge is -2.09. The molecular weight excluding hydrogens is 247 g/mol. The van der Waals surface area contributed by atoms with Gasteiger partial charge < -0.3 is 5.32 Å². The quantitative estimate of drug-likeness (QED) is 0.882. The minimum Gasteiger partial charge on any atom is -0.309 e.